The minimum absolute atomic E-state index is 0.242. The first-order valence-electron chi connectivity index (χ1n) is 11.4. The second kappa shape index (κ2) is 12.9. The van der Waals surface area contributed by atoms with Crippen molar-refractivity contribution in [3.05, 3.63) is 102 Å². The van der Waals surface area contributed by atoms with Gasteiger partial charge in [-0.1, -0.05) is 25.6 Å². The molecule has 3 rings (SSSR count). The van der Waals surface area contributed by atoms with E-state index in [4.69, 9.17) is 18.9 Å². The molecule has 2 aromatic carbocycles. The van der Waals surface area contributed by atoms with E-state index in [0.717, 1.165) is 18.1 Å². The Morgan fingerprint density at radius 3 is 1.86 bits per heavy atom. The van der Waals surface area contributed by atoms with Crippen LogP contribution in [0.2, 0.25) is 0 Å². The summed E-state index contributed by atoms with van der Waals surface area (Å²) in [4.78, 5) is 35.7. The maximum atomic E-state index is 12.4. The van der Waals surface area contributed by atoms with E-state index in [2.05, 4.69) is 13.5 Å². The number of rotatable bonds is 11. The van der Waals surface area contributed by atoms with Crippen molar-refractivity contribution in [1.82, 2.24) is 0 Å². The van der Waals surface area contributed by atoms with Crippen molar-refractivity contribution in [2.24, 2.45) is 0 Å². The smallest absolute Gasteiger partial charge is 0.343 e. The summed E-state index contributed by atoms with van der Waals surface area (Å²) >= 11 is 0. The average Bonchev–Trinajstić information content (AvgIpc) is 2.89. The first-order valence-corrected chi connectivity index (χ1v) is 11.4. The highest BCUT2D eigenvalue weighted by Gasteiger charge is 2.17. The van der Waals surface area contributed by atoms with E-state index in [1.165, 1.54) is 0 Å². The highest BCUT2D eigenvalue weighted by Crippen LogP contribution is 2.23. The van der Waals surface area contributed by atoms with Crippen molar-refractivity contribution in [1.29, 1.82) is 0 Å². The van der Waals surface area contributed by atoms with Gasteiger partial charge >= 0.3 is 17.9 Å². The summed E-state index contributed by atoms with van der Waals surface area (Å²) in [6, 6.07) is 13.9. The van der Waals surface area contributed by atoms with Crippen LogP contribution in [0.15, 0.2) is 84.9 Å². The number of esters is 3. The number of benzene rings is 2. The van der Waals surface area contributed by atoms with Gasteiger partial charge in [-0.05, 0) is 60.5 Å². The summed E-state index contributed by atoms with van der Waals surface area (Å²) in [6.45, 7) is 5.99. The Morgan fingerprint density at radius 1 is 0.829 bits per heavy atom. The second-order valence-electron chi connectivity index (χ2n) is 7.69. The van der Waals surface area contributed by atoms with Gasteiger partial charge in [-0.2, -0.15) is 0 Å². The van der Waals surface area contributed by atoms with Gasteiger partial charge in [0.05, 0.1) is 24.3 Å². The zero-order chi connectivity index (χ0) is 25.0. The zero-order valence-electron chi connectivity index (χ0n) is 19.7. The number of aryl methyl sites for hydroxylation is 1. The fraction of sp³-hybridized carbons (Fsp3) is 0.250. The van der Waals surface area contributed by atoms with Crippen molar-refractivity contribution >= 4 is 17.9 Å². The van der Waals surface area contributed by atoms with Gasteiger partial charge in [0.25, 0.3) is 0 Å². The van der Waals surface area contributed by atoms with Crippen LogP contribution in [0.5, 0.6) is 5.75 Å². The van der Waals surface area contributed by atoms with E-state index in [9.17, 15) is 14.4 Å². The minimum atomic E-state index is -0.482. The number of carbonyl (C=O) groups is 3. The molecule has 7 heteroatoms. The Labute approximate surface area is 204 Å². The van der Waals surface area contributed by atoms with E-state index in [1.54, 1.807) is 48.6 Å². The molecular weight excluding hydrogens is 448 g/mol. The molecule has 2 aromatic rings. The third-order valence-electron chi connectivity index (χ3n) is 5.18. The van der Waals surface area contributed by atoms with Gasteiger partial charge in [0, 0.05) is 25.3 Å². The molecule has 0 unspecified atom stereocenters. The lowest BCUT2D eigenvalue weighted by Crippen LogP contribution is -2.10. The molecule has 0 spiro atoms. The number of ether oxygens (including phenoxy) is 4. The maximum Gasteiger partial charge on any atom is 0.343 e. The van der Waals surface area contributed by atoms with Crippen molar-refractivity contribution in [2.75, 3.05) is 13.2 Å². The molecule has 0 radical (unpaired) electrons. The van der Waals surface area contributed by atoms with Crippen LogP contribution in [0.1, 0.15) is 52.5 Å². The predicted octanol–water partition coefficient (Wildman–Crippen LogP) is 5.32. The molecule has 0 N–H and O–H groups in total. The Bertz CT molecular complexity index is 1110. The zero-order valence-corrected chi connectivity index (χ0v) is 19.7. The van der Waals surface area contributed by atoms with E-state index < -0.39 is 17.9 Å². The van der Waals surface area contributed by atoms with E-state index in [-0.39, 0.29) is 6.61 Å². The van der Waals surface area contributed by atoms with Crippen LogP contribution in [0, 0.1) is 0 Å². The Kier molecular flexibility index (Phi) is 9.42. The van der Waals surface area contributed by atoms with E-state index >= 15 is 0 Å². The number of carbonyl (C=O) groups excluding carboxylic acids is 3. The van der Waals surface area contributed by atoms with Crippen LogP contribution >= 0.6 is 0 Å². The van der Waals surface area contributed by atoms with Crippen LogP contribution in [-0.4, -0.2) is 31.1 Å². The third-order valence-corrected chi connectivity index (χ3v) is 5.18. The second-order valence-corrected chi connectivity index (χ2v) is 7.69. The first-order chi connectivity index (χ1) is 17.0. The van der Waals surface area contributed by atoms with Crippen molar-refractivity contribution in [3.8, 4) is 5.75 Å². The lowest BCUT2D eigenvalue weighted by atomic mass is 10.1. The normalized spacial score (nSPS) is 12.6. The summed E-state index contributed by atoms with van der Waals surface area (Å²) in [6.07, 6.45) is 6.73. The summed E-state index contributed by atoms with van der Waals surface area (Å²) < 4.78 is 21.4. The van der Waals surface area contributed by atoms with Crippen LogP contribution in [-0.2, 0) is 25.4 Å². The predicted molar refractivity (Wildman–Crippen MR) is 130 cm³/mol. The number of allylic oxidation sites excluding steroid dienone is 4. The van der Waals surface area contributed by atoms with Gasteiger partial charge in [0.2, 0.25) is 0 Å². The van der Waals surface area contributed by atoms with Gasteiger partial charge in [-0.25, -0.2) is 14.4 Å². The summed E-state index contributed by atoms with van der Waals surface area (Å²) in [5, 5.41) is 0. The molecule has 1 aliphatic carbocycles. The fourth-order valence-electron chi connectivity index (χ4n) is 3.17. The summed E-state index contributed by atoms with van der Waals surface area (Å²) in [5.41, 5.74) is 2.03. The van der Waals surface area contributed by atoms with Gasteiger partial charge in [0.1, 0.15) is 17.3 Å². The SMILES string of the molecule is C=CC(=O)OCCCOc1ccc(C(=O)OC2=CC=C(OC(=O)c3ccc(CC)cc3)CC2)cc1. The molecule has 7 nitrogen and oxygen atoms in total. The molecule has 0 fully saturated rings. The van der Waals surface area contributed by atoms with Gasteiger partial charge in [0.15, 0.2) is 0 Å². The largest absolute Gasteiger partial charge is 0.493 e. The number of hydrogen-bond donors (Lipinski definition) is 0. The highest BCUT2D eigenvalue weighted by atomic mass is 16.5. The van der Waals surface area contributed by atoms with E-state index in [1.807, 2.05) is 12.1 Å². The molecule has 35 heavy (non-hydrogen) atoms. The standard InChI is InChI=1S/C28H28O7/c1-3-20-6-8-21(9-7-20)27(30)34-24-14-16-25(17-15-24)35-28(31)22-10-12-23(13-11-22)32-18-5-19-33-26(29)4-2/h4,6-14,16H,2-3,5,15,17-19H2,1H3. The summed E-state index contributed by atoms with van der Waals surface area (Å²) in [5.74, 6) is 0.252. The quantitative estimate of drug-likeness (QED) is 0.188. The van der Waals surface area contributed by atoms with Gasteiger partial charge in [-0.3, -0.25) is 0 Å². The lowest BCUT2D eigenvalue weighted by Gasteiger charge is -2.15. The minimum Gasteiger partial charge on any atom is -0.493 e. The van der Waals surface area contributed by atoms with Gasteiger partial charge < -0.3 is 18.9 Å². The Morgan fingerprint density at radius 2 is 1.37 bits per heavy atom. The third kappa shape index (κ3) is 7.99. The summed E-state index contributed by atoms with van der Waals surface area (Å²) in [7, 11) is 0. The fourth-order valence-corrected chi connectivity index (χ4v) is 3.17. The van der Waals surface area contributed by atoms with Crippen LogP contribution in [0.4, 0.5) is 0 Å². The molecule has 0 atom stereocenters. The van der Waals surface area contributed by atoms with Crippen molar-refractivity contribution in [2.45, 2.75) is 32.6 Å². The highest BCUT2D eigenvalue weighted by molar-refractivity contribution is 5.91. The lowest BCUT2D eigenvalue weighted by molar-refractivity contribution is -0.137. The molecule has 1 aliphatic rings. The molecule has 0 saturated heterocycles. The van der Waals surface area contributed by atoms with Crippen LogP contribution < -0.4 is 4.74 Å². The molecule has 182 valence electrons. The monoisotopic (exact) mass is 476 g/mol. The molecule has 0 aromatic heterocycles. The molecule has 0 aliphatic heterocycles. The van der Waals surface area contributed by atoms with Crippen LogP contribution in [0.3, 0.4) is 0 Å². The maximum absolute atomic E-state index is 12.4. The van der Waals surface area contributed by atoms with Gasteiger partial charge in [-0.15, -0.1) is 0 Å². The van der Waals surface area contributed by atoms with Crippen molar-refractivity contribution < 1.29 is 33.3 Å². The van der Waals surface area contributed by atoms with E-state index in [0.29, 0.717) is 54.3 Å². The Hall–Kier alpha value is -4.13. The van der Waals surface area contributed by atoms with Crippen LogP contribution in [0.25, 0.3) is 0 Å². The molecule has 0 amide bonds. The number of hydrogen-bond acceptors (Lipinski definition) is 7. The molecular formula is C28H28O7. The van der Waals surface area contributed by atoms with Crippen molar-refractivity contribution in [3.63, 3.8) is 0 Å². The Balaban J connectivity index is 1.45. The molecule has 0 saturated carbocycles. The average molecular weight is 477 g/mol. The topological polar surface area (TPSA) is 88.1 Å². The molecule has 0 heterocycles. The molecule has 0 bridgehead atoms. The first kappa shape index (κ1) is 25.5.